The van der Waals surface area contributed by atoms with Crippen molar-refractivity contribution in [2.75, 3.05) is 25.6 Å². The Labute approximate surface area is 196 Å². The molecule has 1 aromatic heterocycles. The van der Waals surface area contributed by atoms with Gasteiger partial charge in [-0.3, -0.25) is 0 Å². The van der Waals surface area contributed by atoms with Crippen LogP contribution in [0.4, 0.5) is 19.0 Å². The SMILES string of the molecule is COc1cc2nc(C)nc(NCc3cccc(C(C)(F)F)c3F)c2cc1OCCOC1(C)CC1. The molecule has 0 unspecified atom stereocenters. The largest absolute Gasteiger partial charge is 0.493 e. The first-order valence-electron chi connectivity index (χ1n) is 11.1. The maximum Gasteiger partial charge on any atom is 0.273 e. The number of methoxy groups -OCH3 is 1. The summed E-state index contributed by atoms with van der Waals surface area (Å²) in [7, 11) is 1.54. The third-order valence-corrected chi connectivity index (χ3v) is 5.84. The van der Waals surface area contributed by atoms with Gasteiger partial charge in [0.1, 0.15) is 24.1 Å². The van der Waals surface area contributed by atoms with Crippen LogP contribution in [0.15, 0.2) is 30.3 Å². The second-order valence-electron chi connectivity index (χ2n) is 8.81. The number of hydrogen-bond donors (Lipinski definition) is 1. The second-order valence-corrected chi connectivity index (χ2v) is 8.81. The van der Waals surface area contributed by atoms with Gasteiger partial charge in [-0.2, -0.15) is 0 Å². The number of nitrogens with one attached hydrogen (secondary N) is 1. The van der Waals surface area contributed by atoms with Crippen LogP contribution in [-0.4, -0.2) is 35.9 Å². The van der Waals surface area contributed by atoms with Gasteiger partial charge in [0.25, 0.3) is 5.92 Å². The van der Waals surface area contributed by atoms with Crippen LogP contribution in [0.2, 0.25) is 0 Å². The number of halogens is 3. The summed E-state index contributed by atoms with van der Waals surface area (Å²) in [6.07, 6.45) is 2.11. The molecule has 6 nitrogen and oxygen atoms in total. The highest BCUT2D eigenvalue weighted by Crippen LogP contribution is 2.39. The quantitative estimate of drug-likeness (QED) is 0.376. The van der Waals surface area contributed by atoms with Gasteiger partial charge in [-0.05, 0) is 32.8 Å². The molecule has 0 bridgehead atoms. The maximum absolute atomic E-state index is 14.7. The average molecular weight is 476 g/mol. The number of anilines is 1. The van der Waals surface area contributed by atoms with Gasteiger partial charge >= 0.3 is 0 Å². The van der Waals surface area contributed by atoms with Crippen molar-refractivity contribution in [1.82, 2.24) is 9.97 Å². The van der Waals surface area contributed by atoms with E-state index < -0.39 is 17.3 Å². The zero-order chi connectivity index (χ0) is 24.5. The maximum atomic E-state index is 14.7. The van der Waals surface area contributed by atoms with Crippen molar-refractivity contribution in [1.29, 1.82) is 0 Å². The molecule has 0 radical (unpaired) electrons. The van der Waals surface area contributed by atoms with Gasteiger partial charge in [-0.15, -0.1) is 0 Å². The normalized spacial score (nSPS) is 14.8. The average Bonchev–Trinajstić information content (AvgIpc) is 3.51. The van der Waals surface area contributed by atoms with Crippen LogP contribution in [0.5, 0.6) is 11.5 Å². The summed E-state index contributed by atoms with van der Waals surface area (Å²) in [5, 5.41) is 3.70. The molecule has 1 saturated carbocycles. The molecule has 1 N–H and O–H groups in total. The highest BCUT2D eigenvalue weighted by Gasteiger charge is 2.38. The van der Waals surface area contributed by atoms with Crippen LogP contribution in [0.1, 0.15) is 43.6 Å². The van der Waals surface area contributed by atoms with Crippen molar-refractivity contribution in [3.63, 3.8) is 0 Å². The third kappa shape index (κ3) is 5.35. The Morgan fingerprint density at radius 1 is 1.12 bits per heavy atom. The van der Waals surface area contributed by atoms with Crippen LogP contribution in [-0.2, 0) is 17.2 Å². The standard InChI is InChI=1S/C25H28F3N3O3/c1-15-30-19-13-20(32-4)21(33-10-11-34-24(2)8-9-24)12-17(19)23(31-15)29-14-16-6-5-7-18(22(16)26)25(3,27)28/h5-7,12-13H,8-11,14H2,1-4H3,(H,29,30,31). The summed E-state index contributed by atoms with van der Waals surface area (Å²) < 4.78 is 59.3. The summed E-state index contributed by atoms with van der Waals surface area (Å²) in [5.41, 5.74) is 0.0424. The Balaban J connectivity index is 1.58. The van der Waals surface area contributed by atoms with Crippen molar-refractivity contribution in [2.24, 2.45) is 0 Å². The number of alkyl halides is 2. The number of aryl methyl sites for hydroxylation is 1. The van der Waals surface area contributed by atoms with E-state index in [1.165, 1.54) is 12.1 Å². The zero-order valence-electron chi connectivity index (χ0n) is 19.7. The Kier molecular flexibility index (Phi) is 6.58. The molecule has 0 aliphatic heterocycles. The van der Waals surface area contributed by atoms with Gasteiger partial charge in [0.05, 0.1) is 30.4 Å². The molecule has 1 aliphatic rings. The number of ether oxygens (including phenoxy) is 3. The van der Waals surface area contributed by atoms with Crippen LogP contribution in [0, 0.1) is 12.7 Å². The van der Waals surface area contributed by atoms with E-state index in [1.54, 1.807) is 26.2 Å². The predicted octanol–water partition coefficient (Wildman–Crippen LogP) is 5.76. The number of fused-ring (bicyclic) bond motifs is 1. The van der Waals surface area contributed by atoms with E-state index in [1.807, 2.05) is 0 Å². The van der Waals surface area contributed by atoms with Gasteiger partial charge in [0, 0.05) is 30.5 Å². The van der Waals surface area contributed by atoms with Gasteiger partial charge in [-0.25, -0.2) is 23.1 Å². The summed E-state index contributed by atoms with van der Waals surface area (Å²) in [5.74, 6) is -2.28. The first-order valence-corrected chi connectivity index (χ1v) is 11.1. The molecule has 9 heteroatoms. The van der Waals surface area contributed by atoms with Gasteiger partial charge in [0.2, 0.25) is 0 Å². The third-order valence-electron chi connectivity index (χ3n) is 5.84. The lowest BCUT2D eigenvalue weighted by atomic mass is 10.0. The molecule has 0 saturated heterocycles. The molecule has 0 spiro atoms. The fourth-order valence-corrected chi connectivity index (χ4v) is 3.65. The van der Waals surface area contributed by atoms with E-state index in [-0.39, 0.29) is 17.7 Å². The molecule has 182 valence electrons. The lowest BCUT2D eigenvalue weighted by molar-refractivity contribution is 0.0136. The van der Waals surface area contributed by atoms with Crippen molar-refractivity contribution in [2.45, 2.75) is 51.7 Å². The van der Waals surface area contributed by atoms with E-state index in [9.17, 15) is 13.2 Å². The van der Waals surface area contributed by atoms with E-state index in [0.717, 1.165) is 18.9 Å². The fraction of sp³-hybridized carbons (Fsp3) is 0.440. The molecule has 34 heavy (non-hydrogen) atoms. The van der Waals surface area contributed by atoms with Crippen LogP contribution >= 0.6 is 0 Å². The van der Waals surface area contributed by atoms with Crippen LogP contribution < -0.4 is 14.8 Å². The number of aromatic nitrogens is 2. The van der Waals surface area contributed by atoms with Crippen molar-refractivity contribution >= 4 is 16.7 Å². The first kappa shape index (κ1) is 24.1. The van der Waals surface area contributed by atoms with E-state index in [0.29, 0.717) is 54.2 Å². The lowest BCUT2D eigenvalue weighted by Gasteiger charge is -2.17. The first-order chi connectivity index (χ1) is 16.1. The zero-order valence-corrected chi connectivity index (χ0v) is 19.7. The summed E-state index contributed by atoms with van der Waals surface area (Å²) in [6, 6.07) is 7.46. The number of rotatable bonds is 10. The topological polar surface area (TPSA) is 65.5 Å². The summed E-state index contributed by atoms with van der Waals surface area (Å²) in [4.78, 5) is 8.89. The van der Waals surface area contributed by atoms with Gasteiger partial charge < -0.3 is 19.5 Å². The molecular weight excluding hydrogens is 447 g/mol. The Morgan fingerprint density at radius 3 is 2.56 bits per heavy atom. The molecule has 0 atom stereocenters. The minimum absolute atomic E-state index is 0.0318. The number of nitrogens with zero attached hydrogens (tertiary/aromatic N) is 2. The van der Waals surface area contributed by atoms with E-state index in [2.05, 4.69) is 22.2 Å². The minimum atomic E-state index is -3.28. The van der Waals surface area contributed by atoms with E-state index in [4.69, 9.17) is 14.2 Å². The van der Waals surface area contributed by atoms with Crippen molar-refractivity contribution in [3.8, 4) is 11.5 Å². The highest BCUT2D eigenvalue weighted by atomic mass is 19.3. The molecule has 4 rings (SSSR count). The predicted molar refractivity (Wildman–Crippen MR) is 123 cm³/mol. The molecule has 0 amide bonds. The Bertz CT molecular complexity index is 1190. The molecule has 2 aromatic carbocycles. The molecular formula is C25H28F3N3O3. The molecule has 3 aromatic rings. The minimum Gasteiger partial charge on any atom is -0.493 e. The summed E-state index contributed by atoms with van der Waals surface area (Å²) >= 11 is 0. The lowest BCUT2D eigenvalue weighted by Crippen LogP contribution is -2.15. The Hall–Kier alpha value is -3.07. The highest BCUT2D eigenvalue weighted by molar-refractivity contribution is 5.91. The molecule has 1 heterocycles. The fourth-order valence-electron chi connectivity index (χ4n) is 3.65. The smallest absolute Gasteiger partial charge is 0.273 e. The van der Waals surface area contributed by atoms with Crippen molar-refractivity contribution in [3.05, 3.63) is 53.1 Å². The van der Waals surface area contributed by atoms with E-state index >= 15 is 0 Å². The molecule has 1 fully saturated rings. The monoisotopic (exact) mass is 475 g/mol. The second kappa shape index (κ2) is 9.29. The number of hydrogen-bond acceptors (Lipinski definition) is 6. The summed E-state index contributed by atoms with van der Waals surface area (Å²) in [6.45, 7) is 5.24. The van der Waals surface area contributed by atoms with Gasteiger partial charge in [0.15, 0.2) is 11.5 Å². The van der Waals surface area contributed by atoms with Crippen LogP contribution in [0.3, 0.4) is 0 Å². The molecule has 1 aliphatic carbocycles. The van der Waals surface area contributed by atoms with Gasteiger partial charge in [-0.1, -0.05) is 18.2 Å². The number of benzene rings is 2. The van der Waals surface area contributed by atoms with Crippen molar-refractivity contribution < 1.29 is 27.4 Å². The Morgan fingerprint density at radius 2 is 1.88 bits per heavy atom. The van der Waals surface area contributed by atoms with Crippen LogP contribution in [0.25, 0.3) is 10.9 Å².